The molecule has 1 aliphatic carbocycles. The van der Waals surface area contributed by atoms with E-state index in [2.05, 4.69) is 28.2 Å². The highest BCUT2D eigenvalue weighted by Crippen LogP contribution is 2.37. The number of thioether (sulfide) groups is 1. The van der Waals surface area contributed by atoms with Gasteiger partial charge in [-0.1, -0.05) is 18.7 Å². The normalized spacial score (nSPS) is 16.6. The molecule has 0 N–H and O–H groups in total. The van der Waals surface area contributed by atoms with Gasteiger partial charge in [0.25, 0.3) is 16.7 Å². The van der Waals surface area contributed by atoms with Crippen molar-refractivity contribution in [1.29, 1.82) is 0 Å². The van der Waals surface area contributed by atoms with Crippen molar-refractivity contribution in [3.05, 3.63) is 49.7 Å². The molecule has 1 atom stereocenters. The Labute approximate surface area is 173 Å². The lowest BCUT2D eigenvalue weighted by Crippen LogP contribution is -2.14. The number of hydrogen-bond acceptors (Lipinski definition) is 8. The Morgan fingerprint density at radius 2 is 2.25 bits per heavy atom. The van der Waals surface area contributed by atoms with E-state index in [0.29, 0.717) is 21.8 Å². The zero-order valence-electron chi connectivity index (χ0n) is 15.5. The van der Waals surface area contributed by atoms with E-state index >= 15 is 0 Å². The van der Waals surface area contributed by atoms with Gasteiger partial charge in [-0.3, -0.25) is 9.20 Å². The lowest BCUT2D eigenvalue weighted by molar-refractivity contribution is 0.466. The van der Waals surface area contributed by atoms with Gasteiger partial charge in [0, 0.05) is 27.8 Å². The summed E-state index contributed by atoms with van der Waals surface area (Å²) in [5.74, 6) is 1.83. The summed E-state index contributed by atoms with van der Waals surface area (Å²) in [4.78, 5) is 20.0. The van der Waals surface area contributed by atoms with Gasteiger partial charge in [-0.05, 0) is 43.7 Å². The zero-order valence-corrected chi connectivity index (χ0v) is 17.9. The highest BCUT2D eigenvalue weighted by Gasteiger charge is 2.21. The molecule has 0 aromatic carbocycles. The van der Waals surface area contributed by atoms with Crippen LogP contribution in [0.5, 0.6) is 0 Å². The number of rotatable bonds is 4. The van der Waals surface area contributed by atoms with Crippen LogP contribution < -0.4 is 5.56 Å². The first kappa shape index (κ1) is 18.1. The highest BCUT2D eigenvalue weighted by atomic mass is 32.2. The van der Waals surface area contributed by atoms with Gasteiger partial charge in [0.2, 0.25) is 0 Å². The van der Waals surface area contributed by atoms with Crippen LogP contribution in [0.15, 0.2) is 31.9 Å². The van der Waals surface area contributed by atoms with Crippen LogP contribution in [-0.2, 0) is 18.6 Å². The molecule has 0 unspecified atom stereocenters. The number of hydrogen-bond donors (Lipinski definition) is 0. The third kappa shape index (κ3) is 3.31. The van der Waals surface area contributed by atoms with Crippen LogP contribution in [0.3, 0.4) is 0 Å². The molecule has 0 aliphatic heterocycles. The van der Waals surface area contributed by atoms with Crippen molar-refractivity contribution < 1.29 is 4.42 Å². The van der Waals surface area contributed by atoms with E-state index in [1.54, 1.807) is 21.8 Å². The monoisotopic (exact) mass is 430 g/mol. The van der Waals surface area contributed by atoms with Crippen molar-refractivity contribution in [2.45, 2.75) is 44.1 Å². The number of thiazole rings is 1. The average molecular weight is 431 g/mol. The van der Waals surface area contributed by atoms with Crippen LogP contribution in [0.2, 0.25) is 0 Å². The van der Waals surface area contributed by atoms with Crippen molar-refractivity contribution in [3.63, 3.8) is 0 Å². The lowest BCUT2D eigenvalue weighted by Gasteiger charge is -2.16. The molecule has 0 bridgehead atoms. The molecule has 0 fully saturated rings. The Bertz CT molecular complexity index is 1220. The number of fused-ring (bicyclic) bond motifs is 2. The van der Waals surface area contributed by atoms with Gasteiger partial charge in [-0.25, -0.2) is 4.98 Å². The summed E-state index contributed by atoms with van der Waals surface area (Å²) in [5.41, 5.74) is 3.00. The van der Waals surface area contributed by atoms with Crippen molar-refractivity contribution in [2.24, 2.45) is 5.92 Å². The molecule has 5 rings (SSSR count). The Morgan fingerprint density at radius 3 is 3.14 bits per heavy atom. The second-order valence-corrected chi connectivity index (χ2v) is 10.0. The molecule has 0 amide bonds. The first-order valence-electron chi connectivity index (χ1n) is 9.12. The van der Waals surface area contributed by atoms with Gasteiger partial charge in [0.15, 0.2) is 4.96 Å². The van der Waals surface area contributed by atoms with Gasteiger partial charge >= 0.3 is 0 Å². The van der Waals surface area contributed by atoms with Gasteiger partial charge in [-0.2, -0.15) is 0 Å². The second kappa shape index (κ2) is 7.13. The minimum absolute atomic E-state index is 0.0519. The largest absolute Gasteiger partial charge is 0.410 e. The molecule has 4 heterocycles. The number of nitrogens with zero attached hydrogens (tertiary/aromatic N) is 4. The van der Waals surface area contributed by atoms with E-state index in [1.165, 1.54) is 40.0 Å². The molecule has 144 valence electrons. The summed E-state index contributed by atoms with van der Waals surface area (Å²) in [6.07, 6.45) is 3.52. The Morgan fingerprint density at radius 1 is 1.36 bits per heavy atom. The van der Waals surface area contributed by atoms with E-state index in [9.17, 15) is 4.79 Å². The molecular weight excluding hydrogens is 412 g/mol. The number of thiophene rings is 1. The first-order valence-corrected chi connectivity index (χ1v) is 11.8. The fourth-order valence-corrected chi connectivity index (χ4v) is 6.17. The summed E-state index contributed by atoms with van der Waals surface area (Å²) in [7, 11) is 0. The standard InChI is InChI=1S/C19H18N4O2S3/c1-10-3-4-14-12(5-10)6-15(28-14)17-21-22-19(25-17)27-9-13-7-16(24)23-11(2)8-26-18(23)20-13/h6-8,10H,3-5,9H2,1-2H3/t10-/m0/s1. The maximum atomic E-state index is 12.3. The van der Waals surface area contributed by atoms with E-state index in [4.69, 9.17) is 4.42 Å². The summed E-state index contributed by atoms with van der Waals surface area (Å²) in [5, 5.41) is 10.8. The fourth-order valence-electron chi connectivity index (χ4n) is 3.49. The molecule has 0 spiro atoms. The van der Waals surface area contributed by atoms with Crippen LogP contribution in [0.25, 0.3) is 15.7 Å². The molecule has 9 heteroatoms. The predicted octanol–water partition coefficient (Wildman–Crippen LogP) is 4.59. The van der Waals surface area contributed by atoms with E-state index in [0.717, 1.165) is 35.0 Å². The Hall–Kier alpha value is -1.97. The van der Waals surface area contributed by atoms with Gasteiger partial charge in [0.1, 0.15) is 0 Å². The van der Waals surface area contributed by atoms with Gasteiger partial charge < -0.3 is 4.42 Å². The average Bonchev–Trinajstić information content (AvgIpc) is 3.38. The minimum atomic E-state index is -0.0519. The molecule has 28 heavy (non-hydrogen) atoms. The van der Waals surface area contributed by atoms with Crippen LogP contribution in [0, 0.1) is 12.8 Å². The number of aromatic nitrogens is 4. The van der Waals surface area contributed by atoms with Crippen LogP contribution >= 0.6 is 34.4 Å². The fraction of sp³-hybridized carbons (Fsp3) is 0.368. The van der Waals surface area contributed by atoms with E-state index in [-0.39, 0.29) is 5.56 Å². The van der Waals surface area contributed by atoms with Crippen molar-refractivity contribution >= 4 is 39.4 Å². The molecule has 6 nitrogen and oxygen atoms in total. The highest BCUT2D eigenvalue weighted by molar-refractivity contribution is 7.98. The zero-order chi connectivity index (χ0) is 19.3. The maximum absolute atomic E-state index is 12.3. The maximum Gasteiger partial charge on any atom is 0.277 e. The summed E-state index contributed by atoms with van der Waals surface area (Å²) >= 11 is 4.64. The minimum Gasteiger partial charge on any atom is -0.410 e. The predicted molar refractivity (Wildman–Crippen MR) is 112 cm³/mol. The third-order valence-corrected chi connectivity index (χ3v) is 7.94. The lowest BCUT2D eigenvalue weighted by atomic mass is 9.90. The van der Waals surface area contributed by atoms with Crippen LogP contribution in [-0.4, -0.2) is 19.6 Å². The summed E-state index contributed by atoms with van der Waals surface area (Å²) < 4.78 is 7.49. The summed E-state index contributed by atoms with van der Waals surface area (Å²) in [6.45, 7) is 4.21. The summed E-state index contributed by atoms with van der Waals surface area (Å²) in [6, 6.07) is 3.78. The first-order chi connectivity index (χ1) is 13.6. The second-order valence-electron chi connectivity index (χ2n) is 7.15. The molecule has 0 radical (unpaired) electrons. The quantitative estimate of drug-likeness (QED) is 0.441. The van der Waals surface area contributed by atoms with Crippen molar-refractivity contribution in [3.8, 4) is 10.8 Å². The van der Waals surface area contributed by atoms with Gasteiger partial charge in [0.05, 0.1) is 10.6 Å². The molecule has 0 saturated heterocycles. The SMILES string of the molecule is Cc1csc2nc(CSc3nnc(-c4cc5c(s4)CC[C@H](C)C5)o3)cc(=O)n12. The van der Waals surface area contributed by atoms with Crippen molar-refractivity contribution in [2.75, 3.05) is 0 Å². The van der Waals surface area contributed by atoms with Crippen LogP contribution in [0.1, 0.15) is 35.2 Å². The Balaban J connectivity index is 1.33. The molecular formula is C19H18N4O2S3. The molecule has 0 saturated carbocycles. The number of aryl methyl sites for hydroxylation is 2. The molecule has 4 aromatic rings. The smallest absolute Gasteiger partial charge is 0.277 e. The Kier molecular flexibility index (Phi) is 4.60. The molecule has 4 aromatic heterocycles. The van der Waals surface area contributed by atoms with E-state index < -0.39 is 0 Å². The molecule has 1 aliphatic rings. The van der Waals surface area contributed by atoms with Gasteiger partial charge in [-0.15, -0.1) is 32.9 Å². The third-order valence-electron chi connectivity index (χ3n) is 4.92. The van der Waals surface area contributed by atoms with Crippen LogP contribution in [0.4, 0.5) is 0 Å². The van der Waals surface area contributed by atoms with E-state index in [1.807, 2.05) is 12.3 Å². The van der Waals surface area contributed by atoms with Crippen molar-refractivity contribution in [1.82, 2.24) is 19.6 Å². The topological polar surface area (TPSA) is 73.3 Å².